The minimum absolute atomic E-state index is 0.291. The van der Waals surface area contributed by atoms with E-state index in [1.54, 1.807) is 7.11 Å². The molecule has 0 radical (unpaired) electrons. The smallest absolute Gasteiger partial charge is 0.308 e. The fourth-order valence-corrected chi connectivity index (χ4v) is 1.59. The second kappa shape index (κ2) is 4.94. The molecule has 0 amide bonds. The van der Waals surface area contributed by atoms with Crippen LogP contribution in [-0.2, 0) is 16.1 Å². The number of benzene rings is 1. The fourth-order valence-electron chi connectivity index (χ4n) is 1.59. The first kappa shape index (κ1) is 11.7. The van der Waals surface area contributed by atoms with Crippen LogP contribution in [0.1, 0.15) is 23.6 Å². The van der Waals surface area contributed by atoms with Crippen LogP contribution in [0, 0.1) is 13.8 Å². The predicted octanol–water partition coefficient (Wildman–Crippen LogP) is 2.38. The standard InChI is InChI=1S/C12H16O3/c1-8-5-11(7-14-4)6-9(2)12(8)15-10(3)13/h5-6H,7H2,1-4H3. The summed E-state index contributed by atoms with van der Waals surface area (Å²) < 4.78 is 10.2. The minimum Gasteiger partial charge on any atom is -0.426 e. The van der Waals surface area contributed by atoms with Crippen molar-refractivity contribution in [3.8, 4) is 5.75 Å². The van der Waals surface area contributed by atoms with Gasteiger partial charge in [-0.05, 0) is 30.5 Å². The predicted molar refractivity (Wildman–Crippen MR) is 57.9 cm³/mol. The molecule has 0 aromatic heterocycles. The van der Waals surface area contributed by atoms with E-state index in [1.165, 1.54) is 6.92 Å². The number of carbonyl (C=O) groups is 1. The van der Waals surface area contributed by atoms with Gasteiger partial charge in [-0.3, -0.25) is 4.79 Å². The number of carbonyl (C=O) groups excluding carboxylic acids is 1. The highest BCUT2D eigenvalue weighted by molar-refractivity contribution is 5.70. The Hall–Kier alpha value is -1.35. The fraction of sp³-hybridized carbons (Fsp3) is 0.417. The lowest BCUT2D eigenvalue weighted by molar-refractivity contribution is -0.131. The van der Waals surface area contributed by atoms with Gasteiger partial charge in [-0.1, -0.05) is 12.1 Å². The van der Waals surface area contributed by atoms with Crippen LogP contribution in [0.2, 0.25) is 0 Å². The van der Waals surface area contributed by atoms with Crippen molar-refractivity contribution >= 4 is 5.97 Å². The zero-order valence-corrected chi connectivity index (χ0v) is 9.59. The van der Waals surface area contributed by atoms with Crippen LogP contribution in [0.15, 0.2) is 12.1 Å². The number of rotatable bonds is 3. The zero-order valence-electron chi connectivity index (χ0n) is 9.59. The first-order chi connectivity index (χ1) is 7.04. The molecular weight excluding hydrogens is 192 g/mol. The Kier molecular flexibility index (Phi) is 3.86. The highest BCUT2D eigenvalue weighted by atomic mass is 16.5. The Labute approximate surface area is 90.0 Å². The van der Waals surface area contributed by atoms with Crippen LogP contribution in [0.3, 0.4) is 0 Å². The molecule has 0 atom stereocenters. The summed E-state index contributed by atoms with van der Waals surface area (Å²) in [5.74, 6) is 0.364. The Morgan fingerprint density at radius 2 is 1.80 bits per heavy atom. The molecule has 82 valence electrons. The van der Waals surface area contributed by atoms with Gasteiger partial charge < -0.3 is 9.47 Å². The summed E-state index contributed by atoms with van der Waals surface area (Å²) in [6, 6.07) is 3.93. The molecule has 0 heterocycles. The summed E-state index contributed by atoms with van der Waals surface area (Å²) in [6.07, 6.45) is 0. The van der Waals surface area contributed by atoms with E-state index in [0.29, 0.717) is 12.4 Å². The molecule has 3 heteroatoms. The van der Waals surface area contributed by atoms with E-state index < -0.39 is 0 Å². The summed E-state index contributed by atoms with van der Waals surface area (Å²) >= 11 is 0. The Bertz CT molecular complexity index is 346. The lowest BCUT2D eigenvalue weighted by Crippen LogP contribution is -2.05. The largest absolute Gasteiger partial charge is 0.426 e. The van der Waals surface area contributed by atoms with Crippen molar-refractivity contribution in [3.05, 3.63) is 28.8 Å². The van der Waals surface area contributed by atoms with Gasteiger partial charge in [0.2, 0.25) is 0 Å². The summed E-state index contributed by atoms with van der Waals surface area (Å²) in [4.78, 5) is 10.9. The molecule has 1 rings (SSSR count). The number of ether oxygens (including phenoxy) is 2. The summed E-state index contributed by atoms with van der Waals surface area (Å²) in [6.45, 7) is 5.82. The third kappa shape index (κ3) is 3.06. The maximum atomic E-state index is 10.9. The molecule has 0 bridgehead atoms. The van der Waals surface area contributed by atoms with Crippen LogP contribution in [0.25, 0.3) is 0 Å². The van der Waals surface area contributed by atoms with Crippen molar-refractivity contribution in [2.45, 2.75) is 27.4 Å². The van der Waals surface area contributed by atoms with E-state index in [9.17, 15) is 4.79 Å². The van der Waals surface area contributed by atoms with Crippen LogP contribution < -0.4 is 4.74 Å². The summed E-state index contributed by atoms with van der Waals surface area (Å²) in [7, 11) is 1.66. The topological polar surface area (TPSA) is 35.5 Å². The first-order valence-corrected chi connectivity index (χ1v) is 4.82. The highest BCUT2D eigenvalue weighted by Crippen LogP contribution is 2.25. The van der Waals surface area contributed by atoms with Crippen LogP contribution in [0.4, 0.5) is 0 Å². The second-order valence-electron chi connectivity index (χ2n) is 3.59. The van der Waals surface area contributed by atoms with Crippen LogP contribution >= 0.6 is 0 Å². The molecule has 15 heavy (non-hydrogen) atoms. The van der Waals surface area contributed by atoms with Crippen molar-refractivity contribution in [3.63, 3.8) is 0 Å². The minimum atomic E-state index is -0.291. The van der Waals surface area contributed by atoms with Gasteiger partial charge in [0.1, 0.15) is 5.75 Å². The lowest BCUT2D eigenvalue weighted by Gasteiger charge is -2.11. The SMILES string of the molecule is COCc1cc(C)c(OC(C)=O)c(C)c1. The molecule has 1 aromatic rings. The van der Waals surface area contributed by atoms with E-state index in [-0.39, 0.29) is 5.97 Å². The second-order valence-corrected chi connectivity index (χ2v) is 3.59. The lowest BCUT2D eigenvalue weighted by atomic mass is 10.1. The van der Waals surface area contributed by atoms with Gasteiger partial charge in [0.05, 0.1) is 6.61 Å². The highest BCUT2D eigenvalue weighted by Gasteiger charge is 2.08. The summed E-state index contributed by atoms with van der Waals surface area (Å²) in [5.41, 5.74) is 3.00. The van der Waals surface area contributed by atoms with Crippen molar-refractivity contribution in [1.29, 1.82) is 0 Å². The maximum Gasteiger partial charge on any atom is 0.308 e. The van der Waals surface area contributed by atoms with E-state index in [2.05, 4.69) is 0 Å². The van der Waals surface area contributed by atoms with E-state index in [4.69, 9.17) is 9.47 Å². The molecule has 0 saturated heterocycles. The van der Waals surface area contributed by atoms with Crippen molar-refractivity contribution in [2.75, 3.05) is 7.11 Å². The molecule has 0 aliphatic heterocycles. The molecule has 0 aliphatic carbocycles. The van der Waals surface area contributed by atoms with Crippen molar-refractivity contribution < 1.29 is 14.3 Å². The Morgan fingerprint density at radius 3 is 2.20 bits per heavy atom. The molecule has 0 fully saturated rings. The number of esters is 1. The molecule has 1 aromatic carbocycles. The third-order valence-electron chi connectivity index (χ3n) is 2.08. The maximum absolute atomic E-state index is 10.9. The van der Waals surface area contributed by atoms with E-state index in [1.807, 2.05) is 26.0 Å². The summed E-state index contributed by atoms with van der Waals surface area (Å²) in [5, 5.41) is 0. The van der Waals surface area contributed by atoms with E-state index in [0.717, 1.165) is 16.7 Å². The van der Waals surface area contributed by atoms with Crippen LogP contribution in [0.5, 0.6) is 5.75 Å². The number of methoxy groups -OCH3 is 1. The molecule has 0 unspecified atom stereocenters. The Morgan fingerprint density at radius 1 is 1.27 bits per heavy atom. The monoisotopic (exact) mass is 208 g/mol. The van der Waals surface area contributed by atoms with Gasteiger partial charge in [0.25, 0.3) is 0 Å². The van der Waals surface area contributed by atoms with E-state index >= 15 is 0 Å². The Balaban J connectivity index is 3.03. The quantitative estimate of drug-likeness (QED) is 0.565. The third-order valence-corrected chi connectivity index (χ3v) is 2.08. The average Bonchev–Trinajstić information content (AvgIpc) is 2.11. The molecule has 0 saturated carbocycles. The molecule has 3 nitrogen and oxygen atoms in total. The van der Waals surface area contributed by atoms with Gasteiger partial charge in [-0.15, -0.1) is 0 Å². The molecule has 0 aliphatic rings. The number of aryl methyl sites for hydroxylation is 2. The molecule has 0 N–H and O–H groups in total. The number of hydrogen-bond acceptors (Lipinski definition) is 3. The van der Waals surface area contributed by atoms with Crippen molar-refractivity contribution in [2.24, 2.45) is 0 Å². The normalized spacial score (nSPS) is 10.1. The average molecular weight is 208 g/mol. The first-order valence-electron chi connectivity index (χ1n) is 4.82. The molecular formula is C12H16O3. The van der Waals surface area contributed by atoms with Crippen molar-refractivity contribution in [1.82, 2.24) is 0 Å². The van der Waals surface area contributed by atoms with Gasteiger partial charge in [0, 0.05) is 14.0 Å². The zero-order chi connectivity index (χ0) is 11.4. The van der Waals surface area contributed by atoms with Gasteiger partial charge in [-0.2, -0.15) is 0 Å². The van der Waals surface area contributed by atoms with Crippen LogP contribution in [-0.4, -0.2) is 13.1 Å². The van der Waals surface area contributed by atoms with Gasteiger partial charge in [-0.25, -0.2) is 0 Å². The number of hydrogen-bond donors (Lipinski definition) is 0. The van der Waals surface area contributed by atoms with Gasteiger partial charge in [0.15, 0.2) is 0 Å². The molecule has 0 spiro atoms. The van der Waals surface area contributed by atoms with Gasteiger partial charge >= 0.3 is 5.97 Å².